The summed E-state index contributed by atoms with van der Waals surface area (Å²) in [6.45, 7) is 0.0473. The lowest BCUT2D eigenvalue weighted by molar-refractivity contribution is -0.127. The molecule has 1 unspecified atom stereocenters. The van der Waals surface area contributed by atoms with E-state index < -0.39 is 5.82 Å². The minimum atomic E-state index is -0.580. The van der Waals surface area contributed by atoms with Gasteiger partial charge in [0.25, 0.3) is 5.91 Å². The molecule has 2 aromatic rings. The van der Waals surface area contributed by atoms with E-state index in [1.54, 1.807) is 30.3 Å². The Morgan fingerprint density at radius 3 is 2.26 bits per heavy atom. The Balaban J connectivity index is 1.40. The quantitative estimate of drug-likeness (QED) is 0.318. The van der Waals surface area contributed by atoms with Crippen LogP contribution < -0.4 is 15.4 Å². The number of halogens is 3. The minimum Gasteiger partial charge on any atom is -0.484 e. The van der Waals surface area contributed by atoms with Crippen molar-refractivity contribution in [3.05, 3.63) is 63.9 Å². The number of hydrogen-bond donors (Lipinski definition) is 2. The number of hydrogen-bond acceptors (Lipinski definition) is 4. The molecule has 8 heteroatoms. The standard InChI is InChI=1S/C31H39Cl2FN2O3/c32-24-12-10-23(11-13-24)29(37)20-35-25-9-7-5-3-1-2-4-6-8-22-17-31(18-22,19-25)36-30(38)21-39-26-14-15-27(33)28(34)16-26/h10-16,22,25,35H,1-9,17-21H2,(H,36,38). The van der Waals surface area contributed by atoms with Crippen LogP contribution >= 0.6 is 23.2 Å². The molecule has 0 heterocycles. The van der Waals surface area contributed by atoms with E-state index in [4.69, 9.17) is 27.9 Å². The Morgan fingerprint density at radius 2 is 1.56 bits per heavy atom. The van der Waals surface area contributed by atoms with Gasteiger partial charge in [-0.2, -0.15) is 0 Å². The topological polar surface area (TPSA) is 67.4 Å². The van der Waals surface area contributed by atoms with Crippen molar-refractivity contribution in [3.63, 3.8) is 0 Å². The Kier molecular flexibility index (Phi) is 11.1. The molecule has 2 aromatic carbocycles. The number of fused-ring (bicyclic) bond motifs is 10. The van der Waals surface area contributed by atoms with Gasteiger partial charge in [-0.1, -0.05) is 74.6 Å². The van der Waals surface area contributed by atoms with E-state index in [0.29, 0.717) is 16.5 Å². The average Bonchev–Trinajstić information content (AvgIpc) is 2.90. The van der Waals surface area contributed by atoms with Gasteiger partial charge in [-0.05, 0) is 68.0 Å². The summed E-state index contributed by atoms with van der Waals surface area (Å²) in [4.78, 5) is 25.8. The SMILES string of the molecule is O=C(COc1ccc(Cl)c(F)c1)NC12CC(CCCCCCCCCC(NCC(=O)c3ccc(Cl)cc3)C1)C2. The van der Waals surface area contributed by atoms with Gasteiger partial charge >= 0.3 is 0 Å². The maximum Gasteiger partial charge on any atom is 0.258 e. The first-order chi connectivity index (χ1) is 18.8. The summed E-state index contributed by atoms with van der Waals surface area (Å²) in [5.74, 6) is 0.0847. The largest absolute Gasteiger partial charge is 0.484 e. The highest BCUT2D eigenvalue weighted by Crippen LogP contribution is 2.44. The molecule has 39 heavy (non-hydrogen) atoms. The number of ether oxygens (including phenoxy) is 1. The fraction of sp³-hybridized carbons (Fsp3) is 0.548. The number of carbonyl (C=O) groups excluding carboxylic acids is 2. The second kappa shape index (κ2) is 14.5. The van der Waals surface area contributed by atoms with Crippen LogP contribution in [0.5, 0.6) is 5.75 Å². The number of nitrogens with one attached hydrogen (secondary N) is 2. The third-order valence-electron chi connectivity index (χ3n) is 8.04. The van der Waals surface area contributed by atoms with Gasteiger partial charge in [-0.3, -0.25) is 9.59 Å². The summed E-state index contributed by atoms with van der Waals surface area (Å²) in [5, 5.41) is 7.40. The lowest BCUT2D eigenvalue weighted by Crippen LogP contribution is -2.60. The number of benzene rings is 2. The van der Waals surface area contributed by atoms with Crippen LogP contribution in [0.25, 0.3) is 0 Å². The van der Waals surface area contributed by atoms with E-state index in [2.05, 4.69) is 10.6 Å². The molecule has 3 saturated carbocycles. The van der Waals surface area contributed by atoms with E-state index in [1.165, 1.54) is 57.1 Å². The molecule has 5 nitrogen and oxygen atoms in total. The number of rotatable bonds is 8. The zero-order valence-corrected chi connectivity index (χ0v) is 24.0. The minimum absolute atomic E-state index is 0.0130. The number of ketones is 1. The number of Topliss-reactive ketones (excluding diaryl/α,β-unsaturated/α-hetero) is 1. The lowest BCUT2D eigenvalue weighted by Gasteiger charge is -2.50. The molecule has 0 radical (unpaired) electrons. The van der Waals surface area contributed by atoms with Crippen LogP contribution in [0.4, 0.5) is 4.39 Å². The smallest absolute Gasteiger partial charge is 0.258 e. The zero-order chi connectivity index (χ0) is 27.7. The summed E-state index contributed by atoms with van der Waals surface area (Å²) < 4.78 is 19.3. The summed E-state index contributed by atoms with van der Waals surface area (Å²) in [6, 6.07) is 11.2. The molecule has 3 fully saturated rings. The Bertz CT molecular complexity index is 1110. The Labute approximate surface area is 241 Å². The van der Waals surface area contributed by atoms with Gasteiger partial charge in [0.15, 0.2) is 12.4 Å². The third kappa shape index (κ3) is 9.19. The molecule has 0 aliphatic heterocycles. The van der Waals surface area contributed by atoms with Crippen molar-refractivity contribution >= 4 is 34.9 Å². The van der Waals surface area contributed by atoms with Crippen molar-refractivity contribution in [3.8, 4) is 5.75 Å². The molecule has 3 aliphatic rings. The predicted octanol–water partition coefficient (Wildman–Crippen LogP) is 7.53. The van der Waals surface area contributed by atoms with Crippen LogP contribution in [0, 0.1) is 11.7 Å². The molecule has 0 saturated heterocycles. The Hall–Kier alpha value is -2.15. The number of carbonyl (C=O) groups is 2. The van der Waals surface area contributed by atoms with Gasteiger partial charge < -0.3 is 15.4 Å². The van der Waals surface area contributed by atoms with Crippen LogP contribution in [0.2, 0.25) is 10.0 Å². The zero-order valence-electron chi connectivity index (χ0n) is 22.5. The average molecular weight is 578 g/mol. The van der Waals surface area contributed by atoms with Crippen LogP contribution in [0.15, 0.2) is 42.5 Å². The van der Waals surface area contributed by atoms with E-state index >= 15 is 0 Å². The second-order valence-electron chi connectivity index (χ2n) is 11.2. The van der Waals surface area contributed by atoms with Crippen molar-refractivity contribution < 1.29 is 18.7 Å². The van der Waals surface area contributed by atoms with Crippen molar-refractivity contribution in [2.75, 3.05) is 13.2 Å². The van der Waals surface area contributed by atoms with Gasteiger partial charge in [0.05, 0.1) is 11.6 Å². The van der Waals surface area contributed by atoms with Gasteiger partial charge in [0.2, 0.25) is 0 Å². The highest BCUT2D eigenvalue weighted by molar-refractivity contribution is 6.31. The summed E-state index contributed by atoms with van der Waals surface area (Å²) in [7, 11) is 0. The fourth-order valence-corrected chi connectivity index (χ4v) is 6.29. The first-order valence-electron chi connectivity index (χ1n) is 14.2. The first kappa shape index (κ1) is 29.8. The molecule has 212 valence electrons. The molecular formula is C31H39Cl2FN2O3. The van der Waals surface area contributed by atoms with Crippen molar-refractivity contribution in [1.82, 2.24) is 10.6 Å². The van der Waals surface area contributed by atoms with E-state index in [0.717, 1.165) is 32.1 Å². The Morgan fingerprint density at radius 1 is 0.897 bits per heavy atom. The summed E-state index contributed by atoms with van der Waals surface area (Å²) >= 11 is 11.7. The molecule has 1 amide bonds. The normalized spacial score (nSPS) is 24.2. The van der Waals surface area contributed by atoms with Gasteiger partial charge in [-0.25, -0.2) is 4.39 Å². The fourth-order valence-electron chi connectivity index (χ4n) is 6.05. The predicted molar refractivity (Wildman–Crippen MR) is 154 cm³/mol. The third-order valence-corrected chi connectivity index (χ3v) is 8.60. The van der Waals surface area contributed by atoms with E-state index in [1.807, 2.05) is 0 Å². The molecule has 1 atom stereocenters. The van der Waals surface area contributed by atoms with Crippen LogP contribution in [0.3, 0.4) is 0 Å². The highest BCUT2D eigenvalue weighted by Gasteiger charge is 2.46. The number of amides is 1. The van der Waals surface area contributed by atoms with Crippen LogP contribution in [-0.4, -0.2) is 36.4 Å². The monoisotopic (exact) mass is 576 g/mol. The maximum atomic E-state index is 13.8. The van der Waals surface area contributed by atoms with E-state index in [9.17, 15) is 14.0 Å². The summed E-state index contributed by atoms with van der Waals surface area (Å²) in [5.41, 5.74) is 0.303. The van der Waals surface area contributed by atoms with Crippen LogP contribution in [0.1, 0.15) is 87.4 Å². The summed E-state index contributed by atoms with van der Waals surface area (Å²) in [6.07, 6.45) is 13.3. The maximum absolute atomic E-state index is 13.8. The van der Waals surface area contributed by atoms with Crippen molar-refractivity contribution in [2.45, 2.75) is 88.6 Å². The van der Waals surface area contributed by atoms with Gasteiger partial charge in [0, 0.05) is 28.2 Å². The van der Waals surface area contributed by atoms with Gasteiger partial charge in [0.1, 0.15) is 11.6 Å². The second-order valence-corrected chi connectivity index (χ2v) is 12.1. The molecule has 0 spiro atoms. The molecule has 2 bridgehead atoms. The van der Waals surface area contributed by atoms with E-state index in [-0.39, 0.29) is 47.2 Å². The molecule has 0 aromatic heterocycles. The molecule has 3 aliphatic carbocycles. The van der Waals surface area contributed by atoms with Crippen molar-refractivity contribution in [1.29, 1.82) is 0 Å². The molecule has 2 N–H and O–H groups in total. The molecular weight excluding hydrogens is 538 g/mol. The molecule has 5 rings (SSSR count). The van der Waals surface area contributed by atoms with Gasteiger partial charge in [-0.15, -0.1) is 0 Å². The first-order valence-corrected chi connectivity index (χ1v) is 15.0. The highest BCUT2D eigenvalue weighted by atomic mass is 35.5. The van der Waals surface area contributed by atoms with Crippen LogP contribution in [-0.2, 0) is 4.79 Å². The van der Waals surface area contributed by atoms with Crippen molar-refractivity contribution in [2.24, 2.45) is 5.92 Å². The lowest BCUT2D eigenvalue weighted by atomic mass is 9.63.